The van der Waals surface area contributed by atoms with Crippen LogP contribution in [0.5, 0.6) is 0 Å². The molecule has 0 saturated carbocycles. The molecule has 9 heteroatoms. The third-order valence-electron chi connectivity index (χ3n) is 3.81. The van der Waals surface area contributed by atoms with E-state index in [1.165, 1.54) is 23.1 Å². The summed E-state index contributed by atoms with van der Waals surface area (Å²) in [5.41, 5.74) is 0.364. The Morgan fingerprint density at radius 2 is 1.92 bits per heavy atom. The summed E-state index contributed by atoms with van der Waals surface area (Å²) in [4.78, 5) is 12.6. The average molecular weight is 361 g/mol. The molecule has 1 N–H and O–H groups in total. The summed E-state index contributed by atoms with van der Waals surface area (Å²) in [7, 11) is 0. The highest BCUT2D eigenvalue weighted by Crippen LogP contribution is 2.30. The van der Waals surface area contributed by atoms with Gasteiger partial charge in [-0.05, 0) is 47.2 Å². The molecule has 0 spiro atoms. The topological polar surface area (TPSA) is 72.7 Å². The molecule has 2 aromatic carbocycles. The van der Waals surface area contributed by atoms with Crippen LogP contribution in [-0.4, -0.2) is 26.1 Å². The molecule has 1 atom stereocenters. The Bertz CT molecular complexity index is 909. The molecule has 1 aromatic heterocycles. The average Bonchev–Trinajstić information content (AvgIpc) is 3.15. The highest BCUT2D eigenvalue weighted by atomic mass is 19.4. The number of hydrogen-bond acceptors (Lipinski definition) is 4. The Morgan fingerprint density at radius 3 is 2.62 bits per heavy atom. The maximum Gasteiger partial charge on any atom is 0.416 e. The molecule has 0 aliphatic rings. The minimum absolute atomic E-state index is 0.304. The fourth-order valence-corrected chi connectivity index (χ4v) is 2.48. The number of carbonyl (C=O) groups excluding carboxylic acids is 1. The van der Waals surface area contributed by atoms with Crippen LogP contribution in [0.15, 0.2) is 54.9 Å². The van der Waals surface area contributed by atoms with Gasteiger partial charge in [-0.3, -0.25) is 4.79 Å². The van der Waals surface area contributed by atoms with Gasteiger partial charge in [-0.25, -0.2) is 0 Å². The first-order valence-corrected chi connectivity index (χ1v) is 7.66. The number of halogens is 3. The summed E-state index contributed by atoms with van der Waals surface area (Å²) in [5.74, 6) is -0.444. The largest absolute Gasteiger partial charge is 0.416 e. The maximum atomic E-state index is 12.9. The molecule has 134 valence electrons. The SMILES string of the molecule is C[C@@H](NC(=O)c1ccccc1-n1cnnn1)c1cccc(C(F)(F)F)c1. The monoisotopic (exact) mass is 361 g/mol. The van der Waals surface area contributed by atoms with Crippen molar-refractivity contribution in [3.63, 3.8) is 0 Å². The Morgan fingerprint density at radius 1 is 1.15 bits per heavy atom. The van der Waals surface area contributed by atoms with Gasteiger partial charge in [0, 0.05) is 0 Å². The summed E-state index contributed by atoms with van der Waals surface area (Å²) >= 11 is 0. The van der Waals surface area contributed by atoms with Crippen LogP contribution in [0.3, 0.4) is 0 Å². The van der Waals surface area contributed by atoms with E-state index < -0.39 is 23.7 Å². The van der Waals surface area contributed by atoms with Crippen molar-refractivity contribution < 1.29 is 18.0 Å². The number of tetrazole rings is 1. The van der Waals surface area contributed by atoms with E-state index in [2.05, 4.69) is 20.8 Å². The molecule has 0 fully saturated rings. The number of hydrogen-bond donors (Lipinski definition) is 1. The van der Waals surface area contributed by atoms with E-state index >= 15 is 0 Å². The zero-order valence-electron chi connectivity index (χ0n) is 13.6. The van der Waals surface area contributed by atoms with Gasteiger partial charge in [-0.2, -0.15) is 17.9 Å². The van der Waals surface area contributed by atoms with E-state index in [0.29, 0.717) is 16.8 Å². The van der Waals surface area contributed by atoms with Crippen LogP contribution in [0.1, 0.15) is 34.5 Å². The first-order chi connectivity index (χ1) is 12.4. The lowest BCUT2D eigenvalue weighted by atomic mass is 10.0. The van der Waals surface area contributed by atoms with E-state index in [4.69, 9.17) is 0 Å². The highest BCUT2D eigenvalue weighted by molar-refractivity contribution is 5.97. The number of benzene rings is 2. The molecule has 1 amide bonds. The smallest absolute Gasteiger partial charge is 0.345 e. The minimum atomic E-state index is -4.44. The lowest BCUT2D eigenvalue weighted by Crippen LogP contribution is -2.28. The number of nitrogens with one attached hydrogen (secondary N) is 1. The van der Waals surface area contributed by atoms with Crippen LogP contribution in [0.25, 0.3) is 5.69 Å². The number of carbonyl (C=O) groups is 1. The standard InChI is InChI=1S/C17H14F3N5O/c1-11(12-5-4-6-13(9-12)17(18,19)20)22-16(26)14-7-2-3-8-15(14)25-10-21-23-24-25/h2-11H,1H3,(H,22,26)/t11-/m1/s1. The second-order valence-corrected chi connectivity index (χ2v) is 5.59. The molecule has 3 rings (SSSR count). The van der Waals surface area contributed by atoms with Gasteiger partial charge in [0.15, 0.2) is 0 Å². The van der Waals surface area contributed by atoms with Crippen LogP contribution in [0.2, 0.25) is 0 Å². The lowest BCUT2D eigenvalue weighted by molar-refractivity contribution is -0.137. The zero-order chi connectivity index (χ0) is 18.7. The first kappa shape index (κ1) is 17.6. The summed E-state index contributed by atoms with van der Waals surface area (Å²) in [6.45, 7) is 1.62. The Balaban J connectivity index is 1.83. The highest BCUT2D eigenvalue weighted by Gasteiger charge is 2.30. The van der Waals surface area contributed by atoms with Crippen LogP contribution in [0.4, 0.5) is 13.2 Å². The van der Waals surface area contributed by atoms with Gasteiger partial charge in [0.1, 0.15) is 6.33 Å². The molecular weight excluding hydrogens is 347 g/mol. The fourth-order valence-electron chi connectivity index (χ4n) is 2.48. The number of alkyl halides is 3. The Labute approximate surface area is 146 Å². The van der Waals surface area contributed by atoms with Gasteiger partial charge in [-0.15, -0.1) is 5.10 Å². The van der Waals surface area contributed by atoms with Crippen LogP contribution in [0, 0.1) is 0 Å². The minimum Gasteiger partial charge on any atom is -0.345 e. The van der Waals surface area contributed by atoms with Crippen LogP contribution >= 0.6 is 0 Å². The third-order valence-corrected chi connectivity index (χ3v) is 3.81. The number of nitrogens with zero attached hydrogens (tertiary/aromatic N) is 4. The van der Waals surface area contributed by atoms with Crippen molar-refractivity contribution in [1.29, 1.82) is 0 Å². The number of amides is 1. The van der Waals surface area contributed by atoms with E-state index in [9.17, 15) is 18.0 Å². The Hall–Kier alpha value is -3.23. The molecule has 1 heterocycles. The van der Waals surface area contributed by atoms with Crippen LogP contribution in [-0.2, 0) is 6.18 Å². The van der Waals surface area contributed by atoms with Gasteiger partial charge in [0.25, 0.3) is 5.91 Å². The van der Waals surface area contributed by atoms with E-state index in [1.54, 1.807) is 31.2 Å². The predicted molar refractivity (Wildman–Crippen MR) is 86.5 cm³/mol. The van der Waals surface area contributed by atoms with Gasteiger partial charge < -0.3 is 5.32 Å². The van der Waals surface area contributed by atoms with Crippen LogP contribution < -0.4 is 5.32 Å². The molecule has 26 heavy (non-hydrogen) atoms. The summed E-state index contributed by atoms with van der Waals surface area (Å²) in [6.07, 6.45) is -3.09. The summed E-state index contributed by atoms with van der Waals surface area (Å²) < 4.78 is 39.9. The molecule has 3 aromatic rings. The van der Waals surface area contributed by atoms with E-state index in [1.807, 2.05) is 0 Å². The van der Waals surface area contributed by atoms with Crippen molar-refractivity contribution in [2.24, 2.45) is 0 Å². The lowest BCUT2D eigenvalue weighted by Gasteiger charge is -2.17. The predicted octanol–water partition coefficient (Wildman–Crippen LogP) is 3.17. The van der Waals surface area contributed by atoms with Crippen molar-refractivity contribution in [3.05, 3.63) is 71.5 Å². The second-order valence-electron chi connectivity index (χ2n) is 5.59. The van der Waals surface area contributed by atoms with Gasteiger partial charge >= 0.3 is 6.18 Å². The number of aromatic nitrogens is 4. The normalized spacial score (nSPS) is 12.6. The van der Waals surface area contributed by atoms with Crippen molar-refractivity contribution >= 4 is 5.91 Å². The molecule has 0 aliphatic carbocycles. The molecule has 0 radical (unpaired) electrons. The fraction of sp³-hybridized carbons (Fsp3) is 0.176. The Kier molecular flexibility index (Phi) is 4.70. The van der Waals surface area contributed by atoms with Crippen molar-refractivity contribution in [1.82, 2.24) is 25.5 Å². The molecular formula is C17H14F3N5O. The van der Waals surface area contributed by atoms with Crippen molar-refractivity contribution in [2.45, 2.75) is 19.1 Å². The quantitative estimate of drug-likeness (QED) is 0.775. The summed E-state index contributed by atoms with van der Waals surface area (Å²) in [6, 6.07) is 10.9. The van der Waals surface area contributed by atoms with Gasteiger partial charge in [0.2, 0.25) is 0 Å². The van der Waals surface area contributed by atoms with E-state index in [0.717, 1.165) is 12.1 Å². The first-order valence-electron chi connectivity index (χ1n) is 7.66. The zero-order valence-corrected chi connectivity index (χ0v) is 13.6. The molecule has 0 saturated heterocycles. The maximum absolute atomic E-state index is 12.9. The number of rotatable bonds is 4. The van der Waals surface area contributed by atoms with Crippen molar-refractivity contribution in [3.8, 4) is 5.69 Å². The molecule has 6 nitrogen and oxygen atoms in total. The molecule has 0 unspecified atom stereocenters. The molecule has 0 aliphatic heterocycles. The summed E-state index contributed by atoms with van der Waals surface area (Å²) in [5, 5.41) is 13.5. The van der Waals surface area contributed by atoms with Gasteiger partial charge in [0.05, 0.1) is 22.9 Å². The number of para-hydroxylation sites is 1. The third kappa shape index (κ3) is 3.71. The second kappa shape index (κ2) is 6.95. The van der Waals surface area contributed by atoms with Gasteiger partial charge in [-0.1, -0.05) is 24.3 Å². The van der Waals surface area contributed by atoms with Crippen molar-refractivity contribution in [2.75, 3.05) is 0 Å². The van der Waals surface area contributed by atoms with E-state index in [-0.39, 0.29) is 0 Å². The molecule has 0 bridgehead atoms.